The normalized spacial score (nSPS) is 15.6. The lowest BCUT2D eigenvalue weighted by molar-refractivity contribution is -0.149. The summed E-state index contributed by atoms with van der Waals surface area (Å²) in [6.07, 6.45) is 1.19. The monoisotopic (exact) mass is 419 g/mol. The van der Waals surface area contributed by atoms with Crippen LogP contribution in [0.4, 0.5) is 0 Å². The van der Waals surface area contributed by atoms with Crippen LogP contribution in [0.1, 0.15) is 29.4 Å². The van der Waals surface area contributed by atoms with Gasteiger partial charge in [-0.15, -0.1) is 11.3 Å². The molecule has 0 bridgehead atoms. The number of carbonyl (C=O) groups is 2. The Morgan fingerprint density at radius 2 is 1.92 bits per heavy atom. The van der Waals surface area contributed by atoms with Crippen LogP contribution >= 0.6 is 46.1 Å². The molecule has 0 aliphatic carbocycles. The first-order valence-corrected chi connectivity index (χ1v) is 9.90. The van der Waals surface area contributed by atoms with Crippen LogP contribution in [0.5, 0.6) is 0 Å². The Morgan fingerprint density at radius 3 is 2.56 bits per heavy atom. The Hall–Kier alpha value is -1.01. The second-order valence-corrected chi connectivity index (χ2v) is 8.10. The van der Waals surface area contributed by atoms with Crippen molar-refractivity contribution >= 4 is 68.1 Å². The summed E-state index contributed by atoms with van der Waals surface area (Å²) in [6, 6.07) is 3.37. The second kappa shape index (κ2) is 7.70. The molecule has 8 heteroatoms. The van der Waals surface area contributed by atoms with Gasteiger partial charge in [0.1, 0.15) is 4.88 Å². The number of nitrogens with zero attached hydrogens (tertiary/aromatic N) is 1. The molecule has 1 aromatic heterocycles. The predicted molar refractivity (Wildman–Crippen MR) is 102 cm³/mol. The van der Waals surface area contributed by atoms with E-state index in [0.717, 1.165) is 4.70 Å². The average molecular weight is 421 g/mol. The fraction of sp³-hybridized carbons (Fsp3) is 0.412. The minimum atomic E-state index is -0.184. The van der Waals surface area contributed by atoms with Crippen molar-refractivity contribution in [2.45, 2.75) is 19.8 Å². The Bertz CT molecular complexity index is 828. The highest BCUT2D eigenvalue weighted by Crippen LogP contribution is 2.41. The van der Waals surface area contributed by atoms with Crippen LogP contribution in [0, 0.1) is 5.92 Å². The van der Waals surface area contributed by atoms with Crippen molar-refractivity contribution in [3.05, 3.63) is 32.1 Å². The Balaban J connectivity index is 1.78. The zero-order valence-electron chi connectivity index (χ0n) is 13.5. The van der Waals surface area contributed by atoms with Gasteiger partial charge in [0.2, 0.25) is 0 Å². The lowest BCUT2D eigenvalue weighted by Crippen LogP contribution is -2.40. The smallest absolute Gasteiger partial charge is 0.309 e. The van der Waals surface area contributed by atoms with Gasteiger partial charge in [-0.25, -0.2) is 0 Å². The molecule has 0 atom stereocenters. The molecule has 1 saturated heterocycles. The third-order valence-electron chi connectivity index (χ3n) is 4.25. The summed E-state index contributed by atoms with van der Waals surface area (Å²) in [5.74, 6) is -0.466. The molecule has 4 nitrogen and oxygen atoms in total. The molecule has 2 aromatic rings. The molecule has 134 valence electrons. The topological polar surface area (TPSA) is 46.6 Å². The van der Waals surface area contributed by atoms with Crippen molar-refractivity contribution in [3.63, 3.8) is 0 Å². The van der Waals surface area contributed by atoms with Gasteiger partial charge in [-0.1, -0.05) is 34.8 Å². The summed E-state index contributed by atoms with van der Waals surface area (Å²) >= 11 is 19.9. The van der Waals surface area contributed by atoms with Crippen molar-refractivity contribution in [3.8, 4) is 0 Å². The van der Waals surface area contributed by atoms with Crippen LogP contribution < -0.4 is 0 Å². The lowest BCUT2D eigenvalue weighted by Gasteiger charge is -2.30. The lowest BCUT2D eigenvalue weighted by atomic mass is 9.97. The Labute approximate surface area is 164 Å². The van der Waals surface area contributed by atoms with Crippen molar-refractivity contribution in [2.24, 2.45) is 5.92 Å². The fourth-order valence-corrected chi connectivity index (χ4v) is 5.31. The van der Waals surface area contributed by atoms with Crippen LogP contribution in [0.25, 0.3) is 10.1 Å². The van der Waals surface area contributed by atoms with E-state index in [0.29, 0.717) is 57.9 Å². The average Bonchev–Trinajstić information content (AvgIpc) is 2.91. The number of hydrogen-bond donors (Lipinski definition) is 0. The van der Waals surface area contributed by atoms with E-state index in [4.69, 9.17) is 39.5 Å². The van der Waals surface area contributed by atoms with E-state index in [9.17, 15) is 9.59 Å². The number of thiophene rings is 1. The van der Waals surface area contributed by atoms with Gasteiger partial charge in [0, 0.05) is 28.2 Å². The van der Waals surface area contributed by atoms with Crippen LogP contribution in [-0.4, -0.2) is 36.5 Å². The minimum Gasteiger partial charge on any atom is -0.466 e. The number of benzene rings is 1. The zero-order valence-corrected chi connectivity index (χ0v) is 16.6. The molecule has 1 amide bonds. The summed E-state index contributed by atoms with van der Waals surface area (Å²) in [5.41, 5.74) is 0. The number of amides is 1. The molecule has 0 saturated carbocycles. The summed E-state index contributed by atoms with van der Waals surface area (Å²) in [4.78, 5) is 26.8. The molecule has 0 spiro atoms. The highest BCUT2D eigenvalue weighted by Gasteiger charge is 2.30. The first kappa shape index (κ1) is 18.8. The van der Waals surface area contributed by atoms with Crippen LogP contribution in [0.15, 0.2) is 12.1 Å². The SMILES string of the molecule is CCOC(=O)C1CCN(C(=O)c2sc3cc(Cl)cc(Cl)c3c2Cl)CC1. The first-order valence-electron chi connectivity index (χ1n) is 7.95. The third kappa shape index (κ3) is 3.75. The summed E-state index contributed by atoms with van der Waals surface area (Å²) in [5, 5.41) is 1.95. The van der Waals surface area contributed by atoms with Crippen LogP contribution in [0.3, 0.4) is 0 Å². The number of rotatable bonds is 3. The van der Waals surface area contributed by atoms with Gasteiger partial charge in [0.25, 0.3) is 5.91 Å². The largest absolute Gasteiger partial charge is 0.466 e. The highest BCUT2D eigenvalue weighted by molar-refractivity contribution is 7.21. The first-order chi connectivity index (χ1) is 11.9. The number of fused-ring (bicyclic) bond motifs is 1. The third-order valence-corrected chi connectivity index (χ3v) is 6.38. The molecule has 1 aliphatic rings. The molecule has 1 aromatic carbocycles. The summed E-state index contributed by atoms with van der Waals surface area (Å²) in [7, 11) is 0. The number of likely N-dealkylation sites (tertiary alicyclic amines) is 1. The molecule has 1 fully saturated rings. The molecule has 25 heavy (non-hydrogen) atoms. The van der Waals surface area contributed by atoms with Gasteiger partial charge in [-0.05, 0) is 31.9 Å². The van der Waals surface area contributed by atoms with E-state index in [1.54, 1.807) is 24.0 Å². The molecule has 0 unspecified atom stereocenters. The maximum absolute atomic E-state index is 12.8. The van der Waals surface area contributed by atoms with Gasteiger partial charge >= 0.3 is 5.97 Å². The van der Waals surface area contributed by atoms with Crippen molar-refractivity contribution in [1.29, 1.82) is 0 Å². The van der Waals surface area contributed by atoms with Gasteiger partial charge < -0.3 is 9.64 Å². The van der Waals surface area contributed by atoms with Gasteiger partial charge in [0.05, 0.1) is 22.6 Å². The van der Waals surface area contributed by atoms with E-state index in [1.807, 2.05) is 0 Å². The maximum Gasteiger partial charge on any atom is 0.309 e. The molecular formula is C17H16Cl3NO3S. The van der Waals surface area contributed by atoms with Crippen LogP contribution in [-0.2, 0) is 9.53 Å². The van der Waals surface area contributed by atoms with Crippen molar-refractivity contribution < 1.29 is 14.3 Å². The van der Waals surface area contributed by atoms with E-state index in [2.05, 4.69) is 0 Å². The highest BCUT2D eigenvalue weighted by atomic mass is 35.5. The van der Waals surface area contributed by atoms with E-state index in [1.165, 1.54) is 11.3 Å². The molecule has 0 radical (unpaired) electrons. The molecule has 0 N–H and O–H groups in total. The van der Waals surface area contributed by atoms with E-state index < -0.39 is 0 Å². The fourth-order valence-electron chi connectivity index (χ4n) is 2.97. The number of esters is 1. The maximum atomic E-state index is 12.8. The quantitative estimate of drug-likeness (QED) is 0.635. The Morgan fingerprint density at radius 1 is 1.24 bits per heavy atom. The molecule has 3 rings (SSSR count). The zero-order chi connectivity index (χ0) is 18.1. The number of hydrogen-bond acceptors (Lipinski definition) is 4. The summed E-state index contributed by atoms with van der Waals surface area (Å²) < 4.78 is 5.84. The molecule has 2 heterocycles. The van der Waals surface area contributed by atoms with Gasteiger partial charge in [0.15, 0.2) is 0 Å². The number of ether oxygens (including phenoxy) is 1. The van der Waals surface area contributed by atoms with E-state index in [-0.39, 0.29) is 17.8 Å². The van der Waals surface area contributed by atoms with Crippen molar-refractivity contribution in [1.82, 2.24) is 4.90 Å². The summed E-state index contributed by atoms with van der Waals surface area (Å²) in [6.45, 7) is 3.17. The second-order valence-electron chi connectivity index (χ2n) is 5.82. The number of piperidine rings is 1. The molecular weight excluding hydrogens is 405 g/mol. The van der Waals surface area contributed by atoms with E-state index >= 15 is 0 Å². The predicted octanol–water partition coefficient (Wildman–Crippen LogP) is 5.28. The number of halogens is 3. The number of carbonyl (C=O) groups excluding carboxylic acids is 2. The molecule has 1 aliphatic heterocycles. The van der Waals surface area contributed by atoms with Crippen LogP contribution in [0.2, 0.25) is 15.1 Å². The van der Waals surface area contributed by atoms with Gasteiger partial charge in [-0.3, -0.25) is 9.59 Å². The Kier molecular flexibility index (Phi) is 5.78. The van der Waals surface area contributed by atoms with Gasteiger partial charge in [-0.2, -0.15) is 0 Å². The standard InChI is InChI=1S/C17H16Cl3NO3S/c1-2-24-17(23)9-3-5-21(6-4-9)16(22)15-14(20)13-11(19)7-10(18)8-12(13)25-15/h7-9H,2-6H2,1H3. The minimum absolute atomic E-state index is 0.138. The van der Waals surface area contributed by atoms with Crippen molar-refractivity contribution in [2.75, 3.05) is 19.7 Å².